The molecule has 0 aliphatic heterocycles. The minimum Gasteiger partial charge on any atom is -0.497 e. The number of pyridine rings is 1. The van der Waals surface area contributed by atoms with E-state index in [1.165, 1.54) is 11.8 Å². The van der Waals surface area contributed by atoms with Gasteiger partial charge < -0.3 is 20.1 Å². The third kappa shape index (κ3) is 5.79. The van der Waals surface area contributed by atoms with Crippen molar-refractivity contribution in [1.82, 2.24) is 4.98 Å². The van der Waals surface area contributed by atoms with Crippen molar-refractivity contribution < 1.29 is 19.1 Å². The Morgan fingerprint density at radius 2 is 1.75 bits per heavy atom. The zero-order valence-corrected chi connectivity index (χ0v) is 19.2. The molecule has 3 rings (SSSR count). The number of hydrogen-bond donors (Lipinski definition) is 2. The molecule has 3 aromatic rings. The second-order valence-corrected chi connectivity index (χ2v) is 7.95. The van der Waals surface area contributed by atoms with Crippen molar-refractivity contribution in [1.29, 1.82) is 0 Å². The lowest BCUT2D eigenvalue weighted by Crippen LogP contribution is -2.18. The first-order valence-electron chi connectivity index (χ1n) is 9.90. The number of carbonyl (C=O) groups excluding carboxylic acids is 2. The second kappa shape index (κ2) is 10.7. The van der Waals surface area contributed by atoms with Gasteiger partial charge in [-0.3, -0.25) is 9.59 Å². The highest BCUT2D eigenvalue weighted by Gasteiger charge is 2.19. The van der Waals surface area contributed by atoms with E-state index in [4.69, 9.17) is 9.47 Å². The van der Waals surface area contributed by atoms with Gasteiger partial charge in [0.2, 0.25) is 5.91 Å². The molecule has 0 spiro atoms. The number of aromatic nitrogens is 1. The molecular formula is C24H25N3O4S. The van der Waals surface area contributed by atoms with Crippen molar-refractivity contribution in [2.75, 3.05) is 30.6 Å². The van der Waals surface area contributed by atoms with Crippen molar-refractivity contribution in [3.8, 4) is 11.5 Å². The summed E-state index contributed by atoms with van der Waals surface area (Å²) in [6, 6.07) is 16.2. The number of methoxy groups -OCH3 is 2. The number of anilines is 2. The van der Waals surface area contributed by atoms with E-state index in [1.54, 1.807) is 50.6 Å². The molecule has 0 saturated heterocycles. The van der Waals surface area contributed by atoms with Crippen LogP contribution in [0.1, 0.15) is 21.6 Å². The number of nitrogens with zero attached hydrogens (tertiary/aromatic N) is 1. The lowest BCUT2D eigenvalue weighted by molar-refractivity contribution is -0.113. The molecule has 1 aromatic heterocycles. The summed E-state index contributed by atoms with van der Waals surface area (Å²) in [7, 11) is 3.12. The maximum absolute atomic E-state index is 13.1. The molecular weight excluding hydrogens is 426 g/mol. The third-order valence-corrected chi connectivity index (χ3v) is 5.56. The number of ether oxygens (including phenoxy) is 2. The molecule has 0 atom stereocenters. The van der Waals surface area contributed by atoms with Gasteiger partial charge >= 0.3 is 0 Å². The number of para-hydroxylation sites is 2. The van der Waals surface area contributed by atoms with Crippen molar-refractivity contribution in [3.63, 3.8) is 0 Å². The zero-order chi connectivity index (χ0) is 23.1. The maximum atomic E-state index is 13.1. The molecule has 0 aliphatic rings. The van der Waals surface area contributed by atoms with Gasteiger partial charge in [-0.05, 0) is 49.7 Å². The van der Waals surface area contributed by atoms with Gasteiger partial charge in [-0.25, -0.2) is 4.98 Å². The number of hydrogen-bond acceptors (Lipinski definition) is 6. The Kier molecular flexibility index (Phi) is 7.72. The molecule has 0 saturated carbocycles. The molecule has 0 fully saturated rings. The average Bonchev–Trinajstić information content (AvgIpc) is 2.77. The number of benzene rings is 2. The molecule has 166 valence electrons. The lowest BCUT2D eigenvalue weighted by atomic mass is 10.1. The molecule has 2 amide bonds. The largest absolute Gasteiger partial charge is 0.497 e. The SMILES string of the molecule is COc1cccc(NC(=O)CSc2nc(C)cc(C)c2C(=O)Nc2ccccc2OC)c1. The van der Waals surface area contributed by atoms with Crippen molar-refractivity contribution >= 4 is 35.0 Å². The Balaban J connectivity index is 1.76. The van der Waals surface area contributed by atoms with Crippen LogP contribution >= 0.6 is 11.8 Å². The molecule has 7 nitrogen and oxygen atoms in total. The van der Waals surface area contributed by atoms with Crippen LogP contribution in [-0.2, 0) is 4.79 Å². The van der Waals surface area contributed by atoms with Crippen LogP contribution in [0.3, 0.4) is 0 Å². The molecule has 0 unspecified atom stereocenters. The summed E-state index contributed by atoms with van der Waals surface area (Å²) in [6.45, 7) is 3.71. The van der Waals surface area contributed by atoms with E-state index in [0.717, 1.165) is 11.3 Å². The minimum atomic E-state index is -0.310. The summed E-state index contributed by atoms with van der Waals surface area (Å²) in [5.41, 5.74) is 3.18. The quantitative estimate of drug-likeness (QED) is 0.483. The number of rotatable bonds is 8. The van der Waals surface area contributed by atoms with E-state index < -0.39 is 0 Å². The van der Waals surface area contributed by atoms with E-state index in [-0.39, 0.29) is 17.6 Å². The number of nitrogens with one attached hydrogen (secondary N) is 2. The van der Waals surface area contributed by atoms with Crippen LogP contribution in [0.15, 0.2) is 59.6 Å². The van der Waals surface area contributed by atoms with Gasteiger partial charge in [0, 0.05) is 17.4 Å². The van der Waals surface area contributed by atoms with Crippen molar-refractivity contribution in [2.24, 2.45) is 0 Å². The highest BCUT2D eigenvalue weighted by molar-refractivity contribution is 8.00. The standard InChI is InChI=1S/C24H25N3O4S/c1-15-12-16(2)25-24(22(15)23(29)27-19-10-5-6-11-20(19)31-4)32-14-21(28)26-17-8-7-9-18(13-17)30-3/h5-13H,14H2,1-4H3,(H,26,28)(H,27,29). The number of aryl methyl sites for hydroxylation is 2. The van der Waals surface area contributed by atoms with Crippen LogP contribution in [0.4, 0.5) is 11.4 Å². The molecule has 0 bridgehead atoms. The zero-order valence-electron chi connectivity index (χ0n) is 18.4. The van der Waals surface area contributed by atoms with Crippen molar-refractivity contribution in [2.45, 2.75) is 18.9 Å². The van der Waals surface area contributed by atoms with Gasteiger partial charge in [-0.2, -0.15) is 0 Å². The topological polar surface area (TPSA) is 89.5 Å². The smallest absolute Gasteiger partial charge is 0.258 e. The van der Waals surface area contributed by atoms with Gasteiger partial charge in [0.15, 0.2) is 0 Å². The fourth-order valence-corrected chi connectivity index (χ4v) is 4.09. The lowest BCUT2D eigenvalue weighted by Gasteiger charge is -2.14. The van der Waals surface area contributed by atoms with Gasteiger partial charge in [-0.1, -0.05) is 30.0 Å². The van der Waals surface area contributed by atoms with E-state index >= 15 is 0 Å². The molecule has 8 heteroatoms. The van der Waals surface area contributed by atoms with Crippen LogP contribution in [0.5, 0.6) is 11.5 Å². The molecule has 2 N–H and O–H groups in total. The Hall–Kier alpha value is -3.52. The average molecular weight is 452 g/mol. The number of thioether (sulfide) groups is 1. The highest BCUT2D eigenvalue weighted by atomic mass is 32.2. The fraction of sp³-hybridized carbons (Fsp3) is 0.208. The third-order valence-electron chi connectivity index (χ3n) is 4.59. The summed E-state index contributed by atoms with van der Waals surface area (Å²) in [5, 5.41) is 6.22. The van der Waals surface area contributed by atoms with Crippen molar-refractivity contribution in [3.05, 3.63) is 71.4 Å². The number of amides is 2. The summed E-state index contributed by atoms with van der Waals surface area (Å²) in [4.78, 5) is 30.1. The molecule has 0 aliphatic carbocycles. The highest BCUT2D eigenvalue weighted by Crippen LogP contribution is 2.28. The summed E-state index contributed by atoms with van der Waals surface area (Å²) in [5.74, 6) is 0.796. The monoisotopic (exact) mass is 451 g/mol. The first kappa shape index (κ1) is 23.1. The molecule has 0 radical (unpaired) electrons. The van der Waals surface area contributed by atoms with Crippen LogP contribution in [0.25, 0.3) is 0 Å². The Morgan fingerprint density at radius 1 is 0.969 bits per heavy atom. The fourth-order valence-electron chi connectivity index (χ4n) is 3.15. The van der Waals surface area contributed by atoms with Crippen LogP contribution in [0.2, 0.25) is 0 Å². The number of carbonyl (C=O) groups is 2. The predicted molar refractivity (Wildman–Crippen MR) is 127 cm³/mol. The van der Waals surface area contributed by atoms with E-state index in [0.29, 0.717) is 33.5 Å². The van der Waals surface area contributed by atoms with Crippen LogP contribution in [0, 0.1) is 13.8 Å². The Labute approximate surface area is 191 Å². The Morgan fingerprint density at radius 3 is 2.50 bits per heavy atom. The summed E-state index contributed by atoms with van der Waals surface area (Å²) >= 11 is 1.22. The first-order chi connectivity index (χ1) is 15.4. The maximum Gasteiger partial charge on any atom is 0.258 e. The van der Waals surface area contributed by atoms with Gasteiger partial charge in [-0.15, -0.1) is 0 Å². The van der Waals surface area contributed by atoms with Gasteiger partial charge in [0.25, 0.3) is 5.91 Å². The summed E-state index contributed by atoms with van der Waals surface area (Å²) in [6.07, 6.45) is 0. The molecule has 32 heavy (non-hydrogen) atoms. The molecule has 2 aromatic carbocycles. The van der Waals surface area contributed by atoms with Gasteiger partial charge in [0.1, 0.15) is 16.5 Å². The predicted octanol–water partition coefficient (Wildman–Crippen LogP) is 4.70. The Bertz CT molecular complexity index is 1130. The van der Waals surface area contributed by atoms with E-state index in [1.807, 2.05) is 32.0 Å². The first-order valence-corrected chi connectivity index (χ1v) is 10.9. The minimum absolute atomic E-state index is 0.0992. The molecule has 1 heterocycles. The van der Waals surface area contributed by atoms with Crippen LogP contribution in [-0.4, -0.2) is 36.8 Å². The van der Waals surface area contributed by atoms with Gasteiger partial charge in [0.05, 0.1) is 31.2 Å². The second-order valence-electron chi connectivity index (χ2n) is 6.98. The van der Waals surface area contributed by atoms with E-state index in [2.05, 4.69) is 15.6 Å². The summed E-state index contributed by atoms with van der Waals surface area (Å²) < 4.78 is 10.5. The van der Waals surface area contributed by atoms with Crippen LogP contribution < -0.4 is 20.1 Å². The van der Waals surface area contributed by atoms with E-state index in [9.17, 15) is 9.59 Å². The normalized spacial score (nSPS) is 10.4.